The van der Waals surface area contributed by atoms with Crippen molar-refractivity contribution in [3.8, 4) is 0 Å². The van der Waals surface area contributed by atoms with Gasteiger partial charge in [-0.15, -0.1) is 0 Å². The average molecular weight is 401 g/mol. The maximum atomic E-state index is 12.8. The van der Waals surface area contributed by atoms with Gasteiger partial charge in [0.15, 0.2) is 0 Å². The first-order chi connectivity index (χ1) is 14.1. The number of carbonyl (C=O) groups excluding carboxylic acids is 2. The normalized spacial score (nSPS) is 14.6. The fourth-order valence-corrected chi connectivity index (χ4v) is 4.21. The standard InChI is InChI=1S/C24H20N2O2S/c1-26-20-15-19(23(27)25-16-18-10-6-3-7-11-18)12-13-21(20)29-22(24(26)28)14-17-8-4-2-5-9-17/h2-15H,16H2,1H3,(H,25,27). The fraction of sp³-hybridized carbons (Fsp3) is 0.0833. The number of likely N-dealkylation sites (N-methyl/N-ethyl adjacent to an activating group) is 1. The van der Waals surface area contributed by atoms with E-state index in [1.165, 1.54) is 11.8 Å². The third kappa shape index (κ3) is 4.25. The first kappa shape index (κ1) is 19.0. The monoisotopic (exact) mass is 400 g/mol. The molecule has 5 heteroatoms. The molecule has 3 aromatic rings. The van der Waals surface area contributed by atoms with Crippen molar-refractivity contribution in [2.24, 2.45) is 0 Å². The number of hydrogen-bond donors (Lipinski definition) is 1. The number of nitrogens with zero attached hydrogens (tertiary/aromatic N) is 1. The molecular weight excluding hydrogens is 380 g/mol. The van der Waals surface area contributed by atoms with Gasteiger partial charge in [0, 0.05) is 24.1 Å². The molecule has 2 amide bonds. The zero-order valence-corrected chi connectivity index (χ0v) is 16.8. The average Bonchev–Trinajstić information content (AvgIpc) is 2.77. The van der Waals surface area contributed by atoms with Gasteiger partial charge < -0.3 is 10.2 Å². The fourth-order valence-electron chi connectivity index (χ4n) is 3.12. The van der Waals surface area contributed by atoms with Gasteiger partial charge in [0.2, 0.25) is 0 Å². The van der Waals surface area contributed by atoms with Crippen LogP contribution in [0.15, 0.2) is 88.7 Å². The van der Waals surface area contributed by atoms with E-state index in [0.29, 0.717) is 17.0 Å². The summed E-state index contributed by atoms with van der Waals surface area (Å²) in [7, 11) is 1.74. The molecule has 0 spiro atoms. The first-order valence-electron chi connectivity index (χ1n) is 9.30. The number of nitrogens with one attached hydrogen (secondary N) is 1. The Morgan fingerprint density at radius 2 is 1.69 bits per heavy atom. The summed E-state index contributed by atoms with van der Waals surface area (Å²) in [6, 6.07) is 25.0. The van der Waals surface area contributed by atoms with Crippen molar-refractivity contribution in [3.63, 3.8) is 0 Å². The molecule has 0 atom stereocenters. The highest BCUT2D eigenvalue weighted by atomic mass is 32.2. The maximum absolute atomic E-state index is 12.8. The van der Waals surface area contributed by atoms with Crippen molar-refractivity contribution >= 4 is 35.3 Å². The minimum atomic E-state index is -0.159. The summed E-state index contributed by atoms with van der Waals surface area (Å²) >= 11 is 1.43. The number of amides is 2. The zero-order chi connectivity index (χ0) is 20.2. The summed E-state index contributed by atoms with van der Waals surface area (Å²) in [6.07, 6.45) is 1.90. The number of fused-ring (bicyclic) bond motifs is 1. The Morgan fingerprint density at radius 3 is 2.41 bits per heavy atom. The van der Waals surface area contributed by atoms with Crippen molar-refractivity contribution in [2.75, 3.05) is 11.9 Å². The van der Waals surface area contributed by atoms with E-state index in [0.717, 1.165) is 21.7 Å². The number of hydrogen-bond acceptors (Lipinski definition) is 3. The summed E-state index contributed by atoms with van der Waals surface area (Å²) in [4.78, 5) is 28.6. The molecule has 144 valence electrons. The van der Waals surface area contributed by atoms with Crippen LogP contribution in [0, 0.1) is 0 Å². The van der Waals surface area contributed by atoms with Gasteiger partial charge in [-0.25, -0.2) is 0 Å². The smallest absolute Gasteiger partial charge is 0.264 e. The van der Waals surface area contributed by atoms with Gasteiger partial charge in [-0.1, -0.05) is 72.4 Å². The molecule has 29 heavy (non-hydrogen) atoms. The molecule has 3 aromatic carbocycles. The van der Waals surface area contributed by atoms with E-state index in [9.17, 15) is 9.59 Å². The van der Waals surface area contributed by atoms with Crippen LogP contribution in [0.1, 0.15) is 21.5 Å². The molecule has 4 nitrogen and oxygen atoms in total. The van der Waals surface area contributed by atoms with Gasteiger partial charge >= 0.3 is 0 Å². The summed E-state index contributed by atoms with van der Waals surface area (Å²) in [6.45, 7) is 0.463. The van der Waals surface area contributed by atoms with Crippen LogP contribution in [-0.4, -0.2) is 18.9 Å². The number of thioether (sulfide) groups is 1. The Labute approximate surface area is 174 Å². The Hall–Kier alpha value is -3.31. The second-order valence-corrected chi connectivity index (χ2v) is 7.82. The molecule has 1 aliphatic heterocycles. The molecule has 0 radical (unpaired) electrons. The lowest BCUT2D eigenvalue weighted by Gasteiger charge is -2.27. The summed E-state index contributed by atoms with van der Waals surface area (Å²) in [5, 5.41) is 2.93. The Balaban J connectivity index is 1.54. The molecule has 0 fully saturated rings. The van der Waals surface area contributed by atoms with E-state index in [2.05, 4.69) is 5.32 Å². The number of rotatable bonds is 4. The van der Waals surface area contributed by atoms with E-state index in [-0.39, 0.29) is 11.8 Å². The van der Waals surface area contributed by atoms with E-state index in [1.54, 1.807) is 24.1 Å². The van der Waals surface area contributed by atoms with Crippen LogP contribution >= 0.6 is 11.8 Å². The third-order valence-electron chi connectivity index (χ3n) is 4.71. The molecule has 4 rings (SSSR count). The van der Waals surface area contributed by atoms with Crippen LogP contribution in [0.3, 0.4) is 0 Å². The molecule has 0 saturated carbocycles. The maximum Gasteiger partial charge on any atom is 0.264 e. The summed E-state index contributed by atoms with van der Waals surface area (Å²) in [5.41, 5.74) is 3.31. The second kappa shape index (κ2) is 8.37. The predicted molar refractivity (Wildman–Crippen MR) is 118 cm³/mol. The highest BCUT2D eigenvalue weighted by molar-refractivity contribution is 8.04. The molecule has 1 aliphatic rings. The molecule has 0 aromatic heterocycles. The minimum absolute atomic E-state index is 0.0757. The summed E-state index contributed by atoms with van der Waals surface area (Å²) < 4.78 is 0. The molecule has 0 saturated heterocycles. The van der Waals surface area contributed by atoms with Crippen LogP contribution in [0.2, 0.25) is 0 Å². The lowest BCUT2D eigenvalue weighted by Crippen LogP contribution is -2.31. The van der Waals surface area contributed by atoms with Gasteiger partial charge in [0.05, 0.1) is 10.6 Å². The van der Waals surface area contributed by atoms with Gasteiger partial charge in [0.1, 0.15) is 0 Å². The van der Waals surface area contributed by atoms with Crippen LogP contribution in [0.5, 0.6) is 0 Å². The molecular formula is C24H20N2O2S. The highest BCUT2D eigenvalue weighted by Crippen LogP contribution is 2.41. The SMILES string of the molecule is CN1C(=O)C(=Cc2ccccc2)Sc2ccc(C(=O)NCc3ccccc3)cc21. The zero-order valence-electron chi connectivity index (χ0n) is 16.0. The summed E-state index contributed by atoms with van der Waals surface area (Å²) in [5.74, 6) is -0.235. The number of carbonyl (C=O) groups is 2. The van der Waals surface area contributed by atoms with E-state index >= 15 is 0 Å². The van der Waals surface area contributed by atoms with Crippen LogP contribution in [0.25, 0.3) is 6.08 Å². The van der Waals surface area contributed by atoms with Crippen molar-refractivity contribution in [1.29, 1.82) is 0 Å². The molecule has 1 heterocycles. The number of benzene rings is 3. The molecule has 0 bridgehead atoms. The van der Waals surface area contributed by atoms with E-state index in [1.807, 2.05) is 72.8 Å². The highest BCUT2D eigenvalue weighted by Gasteiger charge is 2.27. The minimum Gasteiger partial charge on any atom is -0.348 e. The van der Waals surface area contributed by atoms with E-state index < -0.39 is 0 Å². The van der Waals surface area contributed by atoms with Crippen LogP contribution in [-0.2, 0) is 11.3 Å². The molecule has 0 unspecified atom stereocenters. The van der Waals surface area contributed by atoms with Crippen LogP contribution in [0.4, 0.5) is 5.69 Å². The van der Waals surface area contributed by atoms with Crippen molar-refractivity contribution < 1.29 is 9.59 Å². The van der Waals surface area contributed by atoms with Crippen molar-refractivity contribution in [1.82, 2.24) is 5.32 Å². The predicted octanol–water partition coefficient (Wildman–Crippen LogP) is 4.73. The van der Waals surface area contributed by atoms with Crippen molar-refractivity contribution in [2.45, 2.75) is 11.4 Å². The number of anilines is 1. The van der Waals surface area contributed by atoms with E-state index in [4.69, 9.17) is 0 Å². The van der Waals surface area contributed by atoms with Gasteiger partial charge in [0.25, 0.3) is 11.8 Å². The van der Waals surface area contributed by atoms with Gasteiger partial charge in [-0.3, -0.25) is 9.59 Å². The molecule has 0 aliphatic carbocycles. The Morgan fingerprint density at radius 1 is 1.00 bits per heavy atom. The lowest BCUT2D eigenvalue weighted by atomic mass is 10.1. The second-order valence-electron chi connectivity index (χ2n) is 6.74. The first-order valence-corrected chi connectivity index (χ1v) is 10.1. The van der Waals surface area contributed by atoms with Gasteiger partial charge in [-0.05, 0) is 35.4 Å². The molecule has 1 N–H and O–H groups in total. The topological polar surface area (TPSA) is 49.4 Å². The largest absolute Gasteiger partial charge is 0.348 e. The Kier molecular flexibility index (Phi) is 5.49. The van der Waals surface area contributed by atoms with Gasteiger partial charge in [-0.2, -0.15) is 0 Å². The third-order valence-corrected chi connectivity index (χ3v) is 5.79. The van der Waals surface area contributed by atoms with Crippen LogP contribution < -0.4 is 10.2 Å². The quantitative estimate of drug-likeness (QED) is 0.645. The Bertz CT molecular complexity index is 1080. The van der Waals surface area contributed by atoms with Crippen molar-refractivity contribution in [3.05, 3.63) is 100 Å². The lowest BCUT2D eigenvalue weighted by molar-refractivity contribution is -0.114.